The minimum Gasteiger partial charge on any atom is -0.478 e. The number of anilines is 1. The van der Waals surface area contributed by atoms with Crippen LogP contribution in [0, 0.1) is 5.92 Å². The molecule has 0 radical (unpaired) electrons. The van der Waals surface area contributed by atoms with E-state index in [1.165, 1.54) is 18.9 Å². The molecule has 0 saturated heterocycles. The lowest BCUT2D eigenvalue weighted by atomic mass is 10.2. The molecule has 4 heteroatoms. The van der Waals surface area contributed by atoms with Crippen LogP contribution in [-0.4, -0.2) is 29.7 Å². The predicted octanol–water partition coefficient (Wildman–Crippen LogP) is 1.63. The summed E-state index contributed by atoms with van der Waals surface area (Å²) in [6.45, 7) is 0.968. The van der Waals surface area contributed by atoms with Crippen molar-refractivity contribution >= 4 is 11.8 Å². The number of rotatable bonds is 4. The molecule has 80 valence electrons. The second-order valence-corrected chi connectivity index (χ2v) is 4.03. The van der Waals surface area contributed by atoms with Crippen LogP contribution in [0.2, 0.25) is 0 Å². The fourth-order valence-corrected chi connectivity index (χ4v) is 1.54. The Morgan fingerprint density at radius 3 is 3.00 bits per heavy atom. The highest BCUT2D eigenvalue weighted by molar-refractivity contribution is 5.88. The van der Waals surface area contributed by atoms with Gasteiger partial charge in [0.05, 0.1) is 5.56 Å². The van der Waals surface area contributed by atoms with Crippen LogP contribution < -0.4 is 4.90 Å². The Labute approximate surface area is 88.6 Å². The summed E-state index contributed by atoms with van der Waals surface area (Å²) < 4.78 is 0. The van der Waals surface area contributed by atoms with E-state index in [0.717, 1.165) is 18.3 Å². The highest BCUT2D eigenvalue weighted by Crippen LogP contribution is 2.30. The third kappa shape index (κ3) is 2.46. The van der Waals surface area contributed by atoms with Crippen molar-refractivity contribution in [3.05, 3.63) is 23.9 Å². The molecule has 1 N–H and O–H groups in total. The lowest BCUT2D eigenvalue weighted by molar-refractivity contribution is 0.0697. The Morgan fingerprint density at radius 2 is 2.40 bits per heavy atom. The van der Waals surface area contributed by atoms with Crippen LogP contribution in [0.1, 0.15) is 23.2 Å². The van der Waals surface area contributed by atoms with Crippen LogP contribution in [0.3, 0.4) is 0 Å². The number of aromatic carboxylic acids is 1. The molecule has 0 unspecified atom stereocenters. The van der Waals surface area contributed by atoms with Gasteiger partial charge < -0.3 is 10.0 Å². The van der Waals surface area contributed by atoms with E-state index in [1.54, 1.807) is 12.3 Å². The number of carbonyl (C=O) groups is 1. The van der Waals surface area contributed by atoms with Crippen molar-refractivity contribution in [1.29, 1.82) is 0 Å². The van der Waals surface area contributed by atoms with Gasteiger partial charge >= 0.3 is 5.97 Å². The maximum atomic E-state index is 10.8. The van der Waals surface area contributed by atoms with Crippen molar-refractivity contribution < 1.29 is 9.90 Å². The van der Waals surface area contributed by atoms with Gasteiger partial charge in [-0.15, -0.1) is 0 Å². The molecule has 1 aromatic heterocycles. The van der Waals surface area contributed by atoms with E-state index in [0.29, 0.717) is 5.56 Å². The van der Waals surface area contributed by atoms with E-state index < -0.39 is 5.97 Å². The number of hydrogen-bond acceptors (Lipinski definition) is 3. The van der Waals surface area contributed by atoms with E-state index in [4.69, 9.17) is 5.11 Å². The first-order valence-corrected chi connectivity index (χ1v) is 5.07. The standard InChI is InChI=1S/C11H14N2O2/c1-13(7-8-2-3-8)10-6-9(11(14)15)4-5-12-10/h4-6,8H,2-3,7H2,1H3,(H,14,15). The molecule has 1 fully saturated rings. The van der Waals surface area contributed by atoms with Crippen LogP contribution in [0.15, 0.2) is 18.3 Å². The molecule has 2 rings (SSSR count). The molecule has 1 aromatic rings. The molecular formula is C11H14N2O2. The molecular weight excluding hydrogens is 192 g/mol. The van der Waals surface area contributed by atoms with E-state index in [1.807, 2.05) is 11.9 Å². The van der Waals surface area contributed by atoms with Gasteiger partial charge in [0, 0.05) is 19.8 Å². The molecule has 15 heavy (non-hydrogen) atoms. The second-order valence-electron chi connectivity index (χ2n) is 4.03. The molecule has 1 aliphatic carbocycles. The van der Waals surface area contributed by atoms with Crippen LogP contribution in [0.5, 0.6) is 0 Å². The number of nitrogens with zero attached hydrogens (tertiary/aromatic N) is 2. The number of pyridine rings is 1. The zero-order chi connectivity index (χ0) is 10.8. The summed E-state index contributed by atoms with van der Waals surface area (Å²) in [7, 11) is 1.95. The first-order chi connectivity index (χ1) is 7.16. The van der Waals surface area contributed by atoms with E-state index in [2.05, 4.69) is 4.98 Å². The van der Waals surface area contributed by atoms with Crippen LogP contribution in [-0.2, 0) is 0 Å². The van der Waals surface area contributed by atoms with Gasteiger partial charge in [0.15, 0.2) is 0 Å². The minimum atomic E-state index is -0.904. The first kappa shape index (κ1) is 9.96. The lowest BCUT2D eigenvalue weighted by Crippen LogP contribution is -2.21. The molecule has 1 aliphatic rings. The van der Waals surface area contributed by atoms with E-state index in [-0.39, 0.29) is 0 Å². The lowest BCUT2D eigenvalue weighted by Gasteiger charge is -2.17. The van der Waals surface area contributed by atoms with Crippen molar-refractivity contribution in [3.8, 4) is 0 Å². The molecule has 0 amide bonds. The predicted molar refractivity (Wildman–Crippen MR) is 57.2 cm³/mol. The van der Waals surface area contributed by atoms with Crippen LogP contribution in [0.4, 0.5) is 5.82 Å². The molecule has 0 aromatic carbocycles. The van der Waals surface area contributed by atoms with Crippen LogP contribution in [0.25, 0.3) is 0 Å². The summed E-state index contributed by atoms with van der Waals surface area (Å²) >= 11 is 0. The molecule has 1 heterocycles. The Bertz CT molecular complexity index is 375. The third-order valence-corrected chi connectivity index (χ3v) is 2.61. The average Bonchev–Trinajstić information content (AvgIpc) is 3.02. The average molecular weight is 206 g/mol. The maximum Gasteiger partial charge on any atom is 0.335 e. The van der Waals surface area contributed by atoms with Crippen molar-refractivity contribution in [2.24, 2.45) is 5.92 Å². The molecule has 0 bridgehead atoms. The fourth-order valence-electron chi connectivity index (χ4n) is 1.54. The second kappa shape index (κ2) is 3.88. The Kier molecular flexibility index (Phi) is 2.58. The maximum absolute atomic E-state index is 10.8. The van der Waals surface area contributed by atoms with Gasteiger partial charge in [-0.3, -0.25) is 0 Å². The van der Waals surface area contributed by atoms with Crippen LogP contribution >= 0.6 is 0 Å². The van der Waals surface area contributed by atoms with E-state index in [9.17, 15) is 4.79 Å². The van der Waals surface area contributed by atoms with Gasteiger partial charge in [0.1, 0.15) is 5.82 Å². The van der Waals surface area contributed by atoms with Gasteiger partial charge in [-0.05, 0) is 30.9 Å². The Balaban J connectivity index is 2.11. The SMILES string of the molecule is CN(CC1CC1)c1cc(C(=O)O)ccn1. The third-order valence-electron chi connectivity index (χ3n) is 2.61. The number of hydrogen-bond donors (Lipinski definition) is 1. The number of aromatic nitrogens is 1. The van der Waals surface area contributed by atoms with Gasteiger partial charge in [0.2, 0.25) is 0 Å². The van der Waals surface area contributed by atoms with Gasteiger partial charge in [0.25, 0.3) is 0 Å². The van der Waals surface area contributed by atoms with Gasteiger partial charge in [-0.25, -0.2) is 9.78 Å². The van der Waals surface area contributed by atoms with Crippen molar-refractivity contribution in [2.45, 2.75) is 12.8 Å². The zero-order valence-corrected chi connectivity index (χ0v) is 8.68. The van der Waals surface area contributed by atoms with Crippen molar-refractivity contribution in [2.75, 3.05) is 18.5 Å². The summed E-state index contributed by atoms with van der Waals surface area (Å²) in [5, 5.41) is 8.84. The van der Waals surface area contributed by atoms with Gasteiger partial charge in [-0.1, -0.05) is 0 Å². The fraction of sp³-hybridized carbons (Fsp3) is 0.455. The van der Waals surface area contributed by atoms with Crippen molar-refractivity contribution in [1.82, 2.24) is 4.98 Å². The largest absolute Gasteiger partial charge is 0.478 e. The first-order valence-electron chi connectivity index (χ1n) is 5.07. The number of carboxylic acid groups (broad SMARTS) is 1. The summed E-state index contributed by atoms with van der Waals surface area (Å²) in [4.78, 5) is 16.9. The molecule has 1 saturated carbocycles. The Morgan fingerprint density at radius 1 is 1.67 bits per heavy atom. The summed E-state index contributed by atoms with van der Waals surface area (Å²) in [5.41, 5.74) is 0.294. The van der Waals surface area contributed by atoms with Gasteiger partial charge in [-0.2, -0.15) is 0 Å². The molecule has 0 atom stereocenters. The smallest absolute Gasteiger partial charge is 0.335 e. The van der Waals surface area contributed by atoms with E-state index >= 15 is 0 Å². The zero-order valence-electron chi connectivity index (χ0n) is 8.68. The summed E-state index contributed by atoms with van der Waals surface area (Å²) in [6, 6.07) is 3.13. The van der Waals surface area contributed by atoms with Crippen molar-refractivity contribution in [3.63, 3.8) is 0 Å². The highest BCUT2D eigenvalue weighted by atomic mass is 16.4. The monoisotopic (exact) mass is 206 g/mol. The highest BCUT2D eigenvalue weighted by Gasteiger charge is 2.23. The summed E-state index contributed by atoms with van der Waals surface area (Å²) in [6.07, 6.45) is 4.11. The molecule has 0 spiro atoms. The molecule has 0 aliphatic heterocycles. The summed E-state index contributed by atoms with van der Waals surface area (Å²) in [5.74, 6) is 0.602. The Hall–Kier alpha value is -1.58. The normalized spacial score (nSPS) is 15.0. The molecule has 4 nitrogen and oxygen atoms in total. The number of carboxylic acids is 1. The quantitative estimate of drug-likeness (QED) is 0.813. The topological polar surface area (TPSA) is 53.4 Å². The minimum absolute atomic E-state index is 0.294.